The second kappa shape index (κ2) is 16.8. The van der Waals surface area contributed by atoms with Gasteiger partial charge in [-0.05, 0) is 153 Å². The van der Waals surface area contributed by atoms with Crippen molar-refractivity contribution in [2.45, 2.75) is 39.5 Å². The lowest BCUT2D eigenvalue weighted by molar-refractivity contribution is 0.660. The van der Waals surface area contributed by atoms with Gasteiger partial charge in [0, 0.05) is 51.0 Å². The third kappa shape index (κ3) is 6.96. The number of benzene rings is 9. The van der Waals surface area contributed by atoms with Gasteiger partial charge < -0.3 is 9.80 Å². The summed E-state index contributed by atoms with van der Waals surface area (Å²) in [4.78, 5) is 9.91. The summed E-state index contributed by atoms with van der Waals surface area (Å²) >= 11 is 0. The highest BCUT2D eigenvalue weighted by atomic mass is 15.1. The van der Waals surface area contributed by atoms with Gasteiger partial charge in [0.05, 0.1) is 11.4 Å². The van der Waals surface area contributed by atoms with Gasteiger partial charge in [-0.1, -0.05) is 160 Å². The van der Waals surface area contributed by atoms with Crippen molar-refractivity contribution in [2.75, 3.05) is 9.80 Å². The minimum atomic E-state index is -0.133. The van der Waals surface area contributed by atoms with Gasteiger partial charge in [-0.2, -0.15) is 0 Å². The van der Waals surface area contributed by atoms with E-state index in [0.29, 0.717) is 0 Å². The lowest BCUT2D eigenvalue weighted by atomic mass is 9.82. The van der Waals surface area contributed by atoms with Crippen LogP contribution in [0, 0.1) is 0 Å². The van der Waals surface area contributed by atoms with E-state index in [4.69, 9.17) is 4.98 Å². The van der Waals surface area contributed by atoms with Crippen molar-refractivity contribution in [1.29, 1.82) is 0 Å². The summed E-state index contributed by atoms with van der Waals surface area (Å²) in [5.74, 6) is 0. The van der Waals surface area contributed by atoms with Crippen molar-refractivity contribution in [3.63, 3.8) is 0 Å². The Morgan fingerprint density at radius 1 is 0.500 bits per heavy atom. The first-order valence-corrected chi connectivity index (χ1v) is 23.1. The van der Waals surface area contributed by atoms with Crippen molar-refractivity contribution in [2.24, 2.45) is 0 Å². The third-order valence-corrected chi connectivity index (χ3v) is 13.5. The Labute approximate surface area is 388 Å². The fourth-order valence-electron chi connectivity index (χ4n) is 10.4. The van der Waals surface area contributed by atoms with Crippen LogP contribution >= 0.6 is 0 Å². The minimum absolute atomic E-state index is 0.133. The quantitative estimate of drug-likeness (QED) is 0.101. The molecule has 0 atom stereocenters. The van der Waals surface area contributed by atoms with E-state index in [-0.39, 0.29) is 5.41 Å². The van der Waals surface area contributed by atoms with Crippen LogP contribution in [0.15, 0.2) is 225 Å². The van der Waals surface area contributed by atoms with Crippen molar-refractivity contribution in [3.05, 3.63) is 241 Å². The smallest absolute Gasteiger partial charge is 0.0714 e. The van der Waals surface area contributed by atoms with Crippen LogP contribution in [0.5, 0.6) is 0 Å². The van der Waals surface area contributed by atoms with E-state index in [9.17, 15) is 0 Å². The normalized spacial score (nSPS) is 13.1. The topological polar surface area (TPSA) is 19.4 Å². The summed E-state index contributed by atoms with van der Waals surface area (Å²) < 4.78 is 0. The average molecular weight is 850 g/mol. The summed E-state index contributed by atoms with van der Waals surface area (Å²) in [7, 11) is 0. The Kier molecular flexibility index (Phi) is 10.4. The Hall–Kier alpha value is -8.01. The van der Waals surface area contributed by atoms with Crippen LogP contribution < -0.4 is 9.80 Å². The third-order valence-electron chi connectivity index (χ3n) is 13.5. The molecule has 3 nitrogen and oxygen atoms in total. The molecule has 1 aliphatic carbocycles. The van der Waals surface area contributed by atoms with Gasteiger partial charge in [0.1, 0.15) is 0 Å². The highest BCUT2D eigenvalue weighted by Gasteiger charge is 2.36. The van der Waals surface area contributed by atoms with Crippen LogP contribution in [0.1, 0.15) is 50.8 Å². The van der Waals surface area contributed by atoms with E-state index in [0.717, 1.165) is 62.6 Å². The molecule has 10 aromatic rings. The zero-order valence-corrected chi connectivity index (χ0v) is 37.9. The second-order valence-corrected chi connectivity index (χ2v) is 17.9. The number of pyridine rings is 1. The van der Waals surface area contributed by atoms with Crippen LogP contribution in [0.2, 0.25) is 0 Å². The predicted octanol–water partition coefficient (Wildman–Crippen LogP) is 17.8. The molecule has 0 fully saturated rings. The molecule has 0 radical (unpaired) electrons. The number of nitrogens with zero attached hydrogens (tertiary/aromatic N) is 3. The van der Waals surface area contributed by atoms with Crippen molar-refractivity contribution in [1.82, 2.24) is 4.98 Å². The first kappa shape index (κ1) is 40.7. The van der Waals surface area contributed by atoms with Crippen LogP contribution in [0.4, 0.5) is 34.1 Å². The van der Waals surface area contributed by atoms with Crippen molar-refractivity contribution >= 4 is 72.0 Å². The maximum Gasteiger partial charge on any atom is 0.0714 e. The molecule has 0 aliphatic heterocycles. The lowest BCUT2D eigenvalue weighted by Crippen LogP contribution is -2.16. The van der Waals surface area contributed by atoms with Crippen LogP contribution in [-0.4, -0.2) is 4.98 Å². The molecule has 0 unspecified atom stereocenters. The molecule has 0 saturated heterocycles. The molecule has 1 aliphatic rings. The number of rotatable bonds is 10. The molecule has 0 spiro atoms. The number of anilines is 6. The zero-order chi connectivity index (χ0) is 44.8. The van der Waals surface area contributed by atoms with Gasteiger partial charge in [-0.3, -0.25) is 4.98 Å². The van der Waals surface area contributed by atoms with Gasteiger partial charge in [-0.15, -0.1) is 0 Å². The molecule has 0 saturated carbocycles. The summed E-state index contributed by atoms with van der Waals surface area (Å²) in [5, 5.41) is 7.06. The minimum Gasteiger partial charge on any atom is -0.310 e. The van der Waals surface area contributed by atoms with E-state index in [2.05, 4.69) is 250 Å². The van der Waals surface area contributed by atoms with Gasteiger partial charge in [0.25, 0.3) is 0 Å². The first-order chi connectivity index (χ1) is 32.4. The fourth-order valence-corrected chi connectivity index (χ4v) is 10.4. The maximum atomic E-state index is 5.09. The van der Waals surface area contributed by atoms with E-state index in [1.165, 1.54) is 54.9 Å². The molecular weight excluding hydrogens is 799 g/mol. The molecule has 318 valence electrons. The molecule has 0 amide bonds. The molecule has 1 heterocycles. The van der Waals surface area contributed by atoms with Crippen molar-refractivity contribution < 1.29 is 0 Å². The highest BCUT2D eigenvalue weighted by molar-refractivity contribution is 6.20. The molecule has 3 heteroatoms. The number of hydrogen-bond donors (Lipinski definition) is 0. The lowest BCUT2D eigenvalue weighted by Gasteiger charge is -2.29. The van der Waals surface area contributed by atoms with Crippen LogP contribution in [-0.2, 0) is 5.41 Å². The van der Waals surface area contributed by atoms with Gasteiger partial charge in [0.15, 0.2) is 0 Å². The Bertz CT molecular complexity index is 3490. The number of fused-ring (bicyclic) bond motifs is 6. The Morgan fingerprint density at radius 3 is 1.89 bits per heavy atom. The van der Waals surface area contributed by atoms with E-state index in [1.807, 2.05) is 12.3 Å². The Balaban J connectivity index is 1.19. The molecule has 1 aromatic heterocycles. The summed E-state index contributed by atoms with van der Waals surface area (Å²) in [6, 6.07) is 73.1. The molecule has 66 heavy (non-hydrogen) atoms. The molecule has 9 aromatic carbocycles. The van der Waals surface area contributed by atoms with Crippen LogP contribution in [0.3, 0.4) is 0 Å². The number of allylic oxidation sites excluding steroid dienone is 4. The monoisotopic (exact) mass is 849 g/mol. The van der Waals surface area contributed by atoms with E-state index in [1.54, 1.807) is 0 Å². The largest absolute Gasteiger partial charge is 0.310 e. The van der Waals surface area contributed by atoms with Gasteiger partial charge >= 0.3 is 0 Å². The molecule has 11 rings (SSSR count). The molecular formula is C63H51N3. The molecule has 0 N–H and O–H groups in total. The van der Waals surface area contributed by atoms with E-state index < -0.39 is 0 Å². The average Bonchev–Trinajstić information content (AvgIpc) is 3.59. The van der Waals surface area contributed by atoms with Crippen molar-refractivity contribution in [3.8, 4) is 22.4 Å². The second-order valence-electron chi connectivity index (χ2n) is 17.9. The summed E-state index contributed by atoms with van der Waals surface area (Å²) in [5.41, 5.74) is 16.3. The molecule has 0 bridgehead atoms. The standard InChI is InChI=1S/C63H51N3/c1-5-6-9-21-43(2)61-53-37-34-47(65(45-24-10-7-11-25-45)49-33-36-52-51-29-16-17-30-57(51)63(3,4)58(52)42-49)40-56(53)62(59-31-18-19-39-64-59)54-38-35-48(41-55(54)61)66(46-26-12-8-13-27-46)60-32-20-23-44-22-14-15-28-50(44)60/h6-42H,5H2,1-4H3/b9-6-,43-21+. The SMILES string of the molecule is CC/C=C\C=C(/C)c1c2cc(N(c3ccccc3)c3cccc4ccccc34)ccc2c(-c2ccccn2)c2cc(N(c3ccccc3)c3ccc4c(c3)C(C)(C)c3ccccc3-4)ccc12. The van der Waals surface area contributed by atoms with Crippen LogP contribution in [0.25, 0.3) is 60.3 Å². The summed E-state index contributed by atoms with van der Waals surface area (Å²) in [6.45, 7) is 9.16. The predicted molar refractivity (Wildman–Crippen MR) is 282 cm³/mol. The number of hydrogen-bond acceptors (Lipinski definition) is 3. The zero-order valence-electron chi connectivity index (χ0n) is 37.9. The van der Waals surface area contributed by atoms with Gasteiger partial charge in [0.2, 0.25) is 0 Å². The fraction of sp³-hybridized carbons (Fsp3) is 0.0952. The number of para-hydroxylation sites is 2. The first-order valence-electron chi connectivity index (χ1n) is 23.1. The Morgan fingerprint density at radius 2 is 1.12 bits per heavy atom. The maximum absolute atomic E-state index is 5.09. The highest BCUT2D eigenvalue weighted by Crippen LogP contribution is 2.52. The summed E-state index contributed by atoms with van der Waals surface area (Å²) in [6.07, 6.45) is 9.59. The van der Waals surface area contributed by atoms with Gasteiger partial charge in [-0.25, -0.2) is 0 Å². The number of aromatic nitrogens is 1. The van der Waals surface area contributed by atoms with E-state index >= 15 is 0 Å².